The van der Waals surface area contributed by atoms with Gasteiger partial charge in [-0.25, -0.2) is 0 Å². The highest BCUT2D eigenvalue weighted by Crippen LogP contribution is 2.46. The van der Waals surface area contributed by atoms with Gasteiger partial charge in [-0.05, 0) is 29.8 Å². The van der Waals surface area contributed by atoms with Gasteiger partial charge in [0.2, 0.25) is 11.8 Å². The summed E-state index contributed by atoms with van der Waals surface area (Å²) in [6.07, 6.45) is 0.361. The van der Waals surface area contributed by atoms with Gasteiger partial charge < -0.3 is 0 Å². The second kappa shape index (κ2) is 6.23. The molecule has 0 spiro atoms. The molecule has 1 saturated carbocycles. The number of nitrogens with zero attached hydrogens (tertiary/aromatic N) is 2. The van der Waals surface area contributed by atoms with E-state index in [1.807, 2.05) is 6.07 Å². The van der Waals surface area contributed by atoms with Crippen LogP contribution < -0.4 is 4.90 Å². The molecule has 0 unspecified atom stereocenters. The second-order valence-corrected chi connectivity index (χ2v) is 6.77. The van der Waals surface area contributed by atoms with Crippen LogP contribution in [-0.2, 0) is 14.4 Å². The standard InChI is InChI=1S/C21H16N2O3/c22-12-13-6-8-14(9-7-13)17-10-16(24)11-18-19(17)21(26)23(20(18)25)15-4-2-1-3-5-15/h1-9,17-19H,10-11H2/t17-,18-,19+/m0/s1. The normalized spacial score (nSPS) is 25.1. The van der Waals surface area contributed by atoms with Gasteiger partial charge in [0, 0.05) is 18.8 Å². The summed E-state index contributed by atoms with van der Waals surface area (Å²) >= 11 is 0. The van der Waals surface area contributed by atoms with Gasteiger partial charge in [-0.15, -0.1) is 0 Å². The average Bonchev–Trinajstić information content (AvgIpc) is 2.92. The van der Waals surface area contributed by atoms with Crippen molar-refractivity contribution in [1.29, 1.82) is 5.26 Å². The predicted molar refractivity (Wildman–Crippen MR) is 94.1 cm³/mol. The zero-order chi connectivity index (χ0) is 18.3. The molecule has 0 bridgehead atoms. The van der Waals surface area contributed by atoms with Gasteiger partial charge in [0.05, 0.1) is 29.2 Å². The number of amides is 2. The molecule has 1 saturated heterocycles. The molecule has 5 heteroatoms. The van der Waals surface area contributed by atoms with Crippen molar-refractivity contribution >= 4 is 23.3 Å². The molecule has 2 aromatic rings. The Balaban J connectivity index is 1.74. The Bertz CT molecular complexity index is 928. The summed E-state index contributed by atoms with van der Waals surface area (Å²) in [7, 11) is 0. The molecule has 26 heavy (non-hydrogen) atoms. The third-order valence-electron chi connectivity index (χ3n) is 5.29. The van der Waals surface area contributed by atoms with Gasteiger partial charge in [0.25, 0.3) is 0 Å². The van der Waals surface area contributed by atoms with Crippen LogP contribution in [0, 0.1) is 23.2 Å². The maximum Gasteiger partial charge on any atom is 0.238 e. The first-order valence-corrected chi connectivity index (χ1v) is 8.55. The van der Waals surface area contributed by atoms with Gasteiger partial charge in [0.15, 0.2) is 0 Å². The maximum atomic E-state index is 13.1. The molecule has 0 radical (unpaired) electrons. The highest BCUT2D eigenvalue weighted by atomic mass is 16.2. The Morgan fingerprint density at radius 2 is 1.50 bits per heavy atom. The third-order valence-corrected chi connectivity index (χ3v) is 5.29. The van der Waals surface area contributed by atoms with E-state index in [1.54, 1.807) is 48.5 Å². The minimum absolute atomic E-state index is 0.00308. The number of hydrogen-bond acceptors (Lipinski definition) is 4. The Labute approximate surface area is 150 Å². The van der Waals surface area contributed by atoms with Crippen LogP contribution in [0.25, 0.3) is 0 Å². The summed E-state index contributed by atoms with van der Waals surface area (Å²) in [5.74, 6) is -2.01. The zero-order valence-corrected chi connectivity index (χ0v) is 14.0. The number of fused-ring (bicyclic) bond motifs is 1. The van der Waals surface area contributed by atoms with Crippen LogP contribution in [0.3, 0.4) is 0 Å². The Morgan fingerprint density at radius 1 is 0.846 bits per heavy atom. The van der Waals surface area contributed by atoms with E-state index in [4.69, 9.17) is 5.26 Å². The van der Waals surface area contributed by atoms with Gasteiger partial charge >= 0.3 is 0 Å². The molecule has 1 aliphatic heterocycles. The summed E-state index contributed by atoms with van der Waals surface area (Å²) in [4.78, 5) is 39.5. The first-order valence-electron chi connectivity index (χ1n) is 8.55. The van der Waals surface area contributed by atoms with Crippen LogP contribution in [0.5, 0.6) is 0 Å². The van der Waals surface area contributed by atoms with Crippen molar-refractivity contribution in [2.24, 2.45) is 11.8 Å². The van der Waals surface area contributed by atoms with Crippen LogP contribution in [0.1, 0.15) is 29.9 Å². The largest absolute Gasteiger partial charge is 0.300 e. The van der Waals surface area contributed by atoms with Crippen LogP contribution in [0.15, 0.2) is 54.6 Å². The van der Waals surface area contributed by atoms with Crippen molar-refractivity contribution in [3.8, 4) is 6.07 Å². The van der Waals surface area contributed by atoms with Gasteiger partial charge in [-0.3, -0.25) is 19.3 Å². The number of hydrogen-bond donors (Lipinski definition) is 0. The molecule has 2 aromatic carbocycles. The molecule has 1 aliphatic carbocycles. The Morgan fingerprint density at radius 3 is 2.15 bits per heavy atom. The molecule has 2 fully saturated rings. The monoisotopic (exact) mass is 344 g/mol. The Kier molecular flexibility index (Phi) is 3.89. The van der Waals surface area contributed by atoms with E-state index in [-0.39, 0.29) is 36.4 Å². The number of benzene rings is 2. The Hall–Kier alpha value is -3.26. The number of Topliss-reactive ketones (excluding diaryl/α,β-unsaturated/α-hetero) is 1. The minimum Gasteiger partial charge on any atom is -0.300 e. The molecule has 0 aromatic heterocycles. The number of imide groups is 1. The van der Waals surface area contributed by atoms with Crippen molar-refractivity contribution in [3.63, 3.8) is 0 Å². The first kappa shape index (κ1) is 16.2. The molecule has 2 amide bonds. The lowest BCUT2D eigenvalue weighted by molar-refractivity contribution is -0.130. The number of carbonyl (C=O) groups excluding carboxylic acids is 3. The summed E-state index contributed by atoms with van der Waals surface area (Å²) in [6.45, 7) is 0. The van der Waals surface area contributed by atoms with E-state index in [0.29, 0.717) is 11.3 Å². The van der Waals surface area contributed by atoms with Crippen molar-refractivity contribution < 1.29 is 14.4 Å². The fraction of sp³-hybridized carbons (Fsp3) is 0.238. The fourth-order valence-corrected chi connectivity index (χ4v) is 4.08. The van der Waals surface area contributed by atoms with E-state index in [9.17, 15) is 14.4 Å². The number of ketones is 1. The van der Waals surface area contributed by atoms with Crippen molar-refractivity contribution in [2.45, 2.75) is 18.8 Å². The topological polar surface area (TPSA) is 78.2 Å². The number of para-hydroxylation sites is 1. The van der Waals surface area contributed by atoms with Crippen LogP contribution in [-0.4, -0.2) is 17.6 Å². The number of carbonyl (C=O) groups is 3. The lowest BCUT2D eigenvalue weighted by Gasteiger charge is -2.30. The summed E-state index contributed by atoms with van der Waals surface area (Å²) < 4.78 is 0. The maximum absolute atomic E-state index is 13.1. The number of nitriles is 1. The molecule has 3 atom stereocenters. The quantitative estimate of drug-likeness (QED) is 0.785. The molecule has 2 aliphatic rings. The minimum atomic E-state index is -0.607. The van der Waals surface area contributed by atoms with Gasteiger partial charge in [-0.2, -0.15) is 5.26 Å². The summed E-state index contributed by atoms with van der Waals surface area (Å²) in [5, 5.41) is 8.96. The molecular formula is C21H16N2O3. The van der Waals surface area contributed by atoms with Crippen LogP contribution in [0.4, 0.5) is 5.69 Å². The molecule has 5 nitrogen and oxygen atoms in total. The third kappa shape index (κ3) is 2.51. The first-order chi connectivity index (χ1) is 12.6. The SMILES string of the molecule is N#Cc1ccc([C@@H]2CC(=O)C[C@@H]3C(=O)N(c4ccccc4)C(=O)[C@@H]32)cc1. The van der Waals surface area contributed by atoms with Crippen LogP contribution >= 0.6 is 0 Å². The smallest absolute Gasteiger partial charge is 0.238 e. The average molecular weight is 344 g/mol. The van der Waals surface area contributed by atoms with Gasteiger partial charge in [-0.1, -0.05) is 30.3 Å². The fourth-order valence-electron chi connectivity index (χ4n) is 4.08. The predicted octanol–water partition coefficient (Wildman–Crippen LogP) is 2.81. The highest BCUT2D eigenvalue weighted by Gasteiger charge is 2.54. The van der Waals surface area contributed by atoms with Crippen molar-refractivity contribution in [2.75, 3.05) is 4.90 Å². The van der Waals surface area contributed by atoms with E-state index < -0.39 is 11.8 Å². The molecule has 0 N–H and O–H groups in total. The molecular weight excluding hydrogens is 328 g/mol. The van der Waals surface area contributed by atoms with Crippen LogP contribution in [0.2, 0.25) is 0 Å². The highest BCUT2D eigenvalue weighted by molar-refractivity contribution is 6.23. The summed E-state index contributed by atoms with van der Waals surface area (Å²) in [5.41, 5.74) is 1.89. The van der Waals surface area contributed by atoms with E-state index >= 15 is 0 Å². The number of anilines is 1. The molecule has 128 valence electrons. The van der Waals surface area contributed by atoms with E-state index in [1.165, 1.54) is 4.90 Å². The van der Waals surface area contributed by atoms with Crippen molar-refractivity contribution in [3.05, 3.63) is 65.7 Å². The summed E-state index contributed by atoms with van der Waals surface area (Å²) in [6, 6.07) is 17.8. The zero-order valence-electron chi connectivity index (χ0n) is 14.0. The lowest BCUT2D eigenvalue weighted by atomic mass is 9.70. The van der Waals surface area contributed by atoms with E-state index in [2.05, 4.69) is 6.07 Å². The second-order valence-electron chi connectivity index (χ2n) is 6.77. The van der Waals surface area contributed by atoms with Gasteiger partial charge in [0.1, 0.15) is 5.78 Å². The number of rotatable bonds is 2. The molecule has 4 rings (SSSR count). The van der Waals surface area contributed by atoms with Crippen molar-refractivity contribution in [1.82, 2.24) is 0 Å². The van der Waals surface area contributed by atoms with E-state index in [0.717, 1.165) is 5.56 Å². The molecule has 1 heterocycles. The lowest BCUT2D eigenvalue weighted by Crippen LogP contribution is -2.34.